The van der Waals surface area contributed by atoms with Crippen LogP contribution in [-0.2, 0) is 6.54 Å². The summed E-state index contributed by atoms with van der Waals surface area (Å²) in [6, 6.07) is 10.1. The van der Waals surface area contributed by atoms with Crippen LogP contribution in [0.1, 0.15) is 30.7 Å². The average Bonchev–Trinajstić information content (AvgIpc) is 3.14. The van der Waals surface area contributed by atoms with Gasteiger partial charge in [0.2, 0.25) is 5.65 Å². The molecule has 176 valence electrons. The molecular weight excluding hydrogens is 433 g/mol. The van der Waals surface area contributed by atoms with Gasteiger partial charge in [-0.25, -0.2) is 14.2 Å². The van der Waals surface area contributed by atoms with Crippen molar-refractivity contribution < 1.29 is 9.37 Å². The molecule has 5 rings (SSSR count). The zero-order valence-corrected chi connectivity index (χ0v) is 19.5. The summed E-state index contributed by atoms with van der Waals surface area (Å²) in [6.07, 6.45) is 3.64. The average molecular weight is 463 g/mol. The molecule has 0 spiro atoms. The summed E-state index contributed by atoms with van der Waals surface area (Å²) in [6.45, 7) is 7.20. The zero-order chi connectivity index (χ0) is 23.8. The smallest absolute Gasteiger partial charge is 0.301 e. The van der Waals surface area contributed by atoms with E-state index in [1.165, 1.54) is 40.5 Å². The maximum atomic E-state index is 13.7. The minimum Gasteiger partial charge on any atom is -0.301 e. The van der Waals surface area contributed by atoms with Crippen molar-refractivity contribution in [1.82, 2.24) is 24.1 Å². The molecule has 34 heavy (non-hydrogen) atoms. The Bertz CT molecular complexity index is 1380. The number of aryl methyl sites for hydroxylation is 2. The molecule has 3 aromatic heterocycles. The van der Waals surface area contributed by atoms with E-state index in [4.69, 9.17) is 10.8 Å². The number of nitrogens with one attached hydrogen (secondary N) is 1. The molecule has 0 unspecified atom stereocenters. The Morgan fingerprint density at radius 1 is 1.00 bits per heavy atom. The van der Waals surface area contributed by atoms with Gasteiger partial charge in [-0.1, -0.05) is 6.42 Å². The second-order valence-electron chi connectivity index (χ2n) is 8.97. The summed E-state index contributed by atoms with van der Waals surface area (Å²) in [5.41, 5.74) is 11.2. The first kappa shape index (κ1) is 22.2. The lowest BCUT2D eigenvalue weighted by atomic mass is 9.99. The van der Waals surface area contributed by atoms with E-state index >= 15 is 0 Å². The minimum absolute atomic E-state index is 0.176. The lowest BCUT2D eigenvalue weighted by molar-refractivity contribution is -0.351. The monoisotopic (exact) mass is 462 g/mol. The standard InChI is InChI=1S/C25H28FN7O/c1-16-14-19(15-17(2)28-16)21-22(18-6-8-20(26)9-7-18)29-24(27)33-23(21)30-32(25(33)34)13-12-31-10-4-3-5-11-31/h6-9,14-15H,3-5,10-13H2,1-2H3,(H2,27,29)/p+1. The maximum Gasteiger partial charge on any atom is 0.411 e. The highest BCUT2D eigenvalue weighted by Gasteiger charge is 2.26. The third kappa shape index (κ3) is 4.19. The van der Waals surface area contributed by atoms with Crippen molar-refractivity contribution in [2.24, 2.45) is 0 Å². The maximum absolute atomic E-state index is 13.7. The quantitative estimate of drug-likeness (QED) is 0.492. The van der Waals surface area contributed by atoms with Gasteiger partial charge < -0.3 is 4.90 Å². The van der Waals surface area contributed by atoms with Crippen LogP contribution in [0.5, 0.6) is 0 Å². The molecule has 1 saturated heterocycles. The third-order valence-electron chi connectivity index (χ3n) is 6.39. The topological polar surface area (TPSA) is 95.6 Å². The minimum atomic E-state index is -0.326. The van der Waals surface area contributed by atoms with Crippen LogP contribution >= 0.6 is 0 Å². The molecule has 1 fully saturated rings. The molecule has 0 atom stereocenters. The van der Waals surface area contributed by atoms with Crippen LogP contribution in [0, 0.1) is 19.7 Å². The van der Waals surface area contributed by atoms with E-state index in [-0.39, 0.29) is 17.5 Å². The number of pyridine rings is 1. The van der Waals surface area contributed by atoms with Crippen LogP contribution in [0.4, 0.5) is 10.3 Å². The van der Waals surface area contributed by atoms with Gasteiger partial charge >= 0.3 is 11.6 Å². The Balaban J connectivity index is 1.70. The summed E-state index contributed by atoms with van der Waals surface area (Å²) in [4.78, 5) is 23.4. The van der Waals surface area contributed by atoms with Crippen LogP contribution in [0.25, 0.3) is 28.0 Å². The number of rotatable bonds is 5. The number of aromatic amines is 1. The molecule has 4 aromatic rings. The molecule has 1 aliphatic rings. The second kappa shape index (κ2) is 8.98. The fourth-order valence-electron chi connectivity index (χ4n) is 4.80. The normalized spacial score (nSPS) is 14.7. The summed E-state index contributed by atoms with van der Waals surface area (Å²) < 4.78 is 16.6. The van der Waals surface area contributed by atoms with Crippen LogP contribution in [-0.4, -0.2) is 43.7 Å². The highest BCUT2D eigenvalue weighted by atomic mass is 19.1. The van der Waals surface area contributed by atoms with Gasteiger partial charge in [0.15, 0.2) is 0 Å². The Hall–Kier alpha value is -3.59. The zero-order valence-electron chi connectivity index (χ0n) is 19.5. The van der Waals surface area contributed by atoms with Gasteiger partial charge in [-0.3, -0.25) is 10.7 Å². The molecule has 0 amide bonds. The van der Waals surface area contributed by atoms with E-state index in [1.54, 1.807) is 12.1 Å². The molecule has 9 heteroatoms. The summed E-state index contributed by atoms with van der Waals surface area (Å²) >= 11 is 0. The van der Waals surface area contributed by atoms with Crippen LogP contribution in [0.15, 0.2) is 41.2 Å². The first-order valence-corrected chi connectivity index (χ1v) is 11.7. The van der Waals surface area contributed by atoms with Crippen molar-refractivity contribution in [3.05, 3.63) is 64.1 Å². The number of piperidine rings is 1. The molecule has 0 aliphatic carbocycles. The fourth-order valence-corrected chi connectivity index (χ4v) is 4.80. The van der Waals surface area contributed by atoms with Crippen LogP contribution in [0.2, 0.25) is 0 Å². The number of nitrogens with two attached hydrogens (primary N) is 1. The number of hydrogen-bond acceptors (Lipinski definition) is 5. The lowest BCUT2D eigenvalue weighted by Crippen LogP contribution is -2.35. The van der Waals surface area contributed by atoms with Gasteiger partial charge in [-0.2, -0.15) is 4.68 Å². The van der Waals surface area contributed by atoms with Gasteiger partial charge in [0.05, 0.1) is 12.1 Å². The number of likely N-dealkylation sites (tertiary alicyclic amines) is 1. The Morgan fingerprint density at radius 3 is 2.35 bits per heavy atom. The summed E-state index contributed by atoms with van der Waals surface area (Å²) in [5, 5.41) is 4.74. The van der Waals surface area contributed by atoms with Crippen molar-refractivity contribution in [2.75, 3.05) is 25.4 Å². The van der Waals surface area contributed by atoms with Crippen molar-refractivity contribution in [1.29, 1.82) is 0 Å². The number of benzene rings is 1. The van der Waals surface area contributed by atoms with Crippen molar-refractivity contribution in [2.45, 2.75) is 39.7 Å². The van der Waals surface area contributed by atoms with Gasteiger partial charge in [0.1, 0.15) is 11.5 Å². The van der Waals surface area contributed by atoms with E-state index in [1.807, 2.05) is 26.0 Å². The van der Waals surface area contributed by atoms with E-state index in [0.717, 1.165) is 47.7 Å². The highest BCUT2D eigenvalue weighted by molar-refractivity contribution is 5.88. The fraction of sp³-hybridized carbons (Fsp3) is 0.360. The van der Waals surface area contributed by atoms with Gasteiger partial charge in [0.25, 0.3) is 0 Å². The number of nitrogen functional groups attached to an aromatic ring is 1. The summed E-state index contributed by atoms with van der Waals surface area (Å²) in [7, 11) is 0. The first-order valence-electron chi connectivity index (χ1n) is 11.7. The Labute approximate surface area is 196 Å². The van der Waals surface area contributed by atoms with E-state index in [0.29, 0.717) is 17.9 Å². The first-order chi connectivity index (χ1) is 16.4. The second-order valence-corrected chi connectivity index (χ2v) is 8.97. The van der Waals surface area contributed by atoms with Crippen molar-refractivity contribution in [3.8, 4) is 22.4 Å². The number of H-pyrrole nitrogens is 1. The van der Waals surface area contributed by atoms with Gasteiger partial charge in [0, 0.05) is 23.5 Å². The predicted octanol–water partition coefficient (Wildman–Crippen LogP) is 2.86. The molecule has 0 radical (unpaired) electrons. The number of nitrogens with zero attached hydrogens (tertiary/aromatic N) is 5. The lowest BCUT2D eigenvalue weighted by Gasteiger charge is -2.25. The number of fused-ring (bicyclic) bond motifs is 1. The number of anilines is 1. The van der Waals surface area contributed by atoms with E-state index in [9.17, 15) is 9.18 Å². The molecule has 0 bridgehead atoms. The van der Waals surface area contributed by atoms with E-state index in [2.05, 4.69) is 14.9 Å². The molecular formula is C25H29FN7O+. The van der Waals surface area contributed by atoms with Crippen molar-refractivity contribution in [3.63, 3.8) is 0 Å². The number of halogens is 1. The predicted molar refractivity (Wildman–Crippen MR) is 129 cm³/mol. The van der Waals surface area contributed by atoms with Crippen molar-refractivity contribution >= 4 is 11.6 Å². The van der Waals surface area contributed by atoms with E-state index < -0.39 is 0 Å². The molecule has 1 aliphatic heterocycles. The number of aromatic nitrogens is 5. The van der Waals surface area contributed by atoms with Gasteiger partial charge in [-0.05, 0) is 81.7 Å². The van der Waals surface area contributed by atoms with Gasteiger partial charge in [-0.15, -0.1) is 9.50 Å². The highest BCUT2D eigenvalue weighted by Crippen LogP contribution is 2.33. The number of hydrogen-bond donors (Lipinski definition) is 1. The molecule has 8 nitrogen and oxygen atoms in total. The Morgan fingerprint density at radius 2 is 1.68 bits per heavy atom. The molecule has 0 saturated carbocycles. The third-order valence-corrected chi connectivity index (χ3v) is 6.39. The largest absolute Gasteiger partial charge is 0.411 e. The van der Waals surface area contributed by atoms with Crippen LogP contribution < -0.4 is 16.4 Å². The molecule has 4 heterocycles. The SMILES string of the molecule is Cc1cc(-c2c(-c3ccc(F)cc3)[nH+]c(N)n3c(=O)n(CCN4CCCCC4)nc23)cc(C)n1. The van der Waals surface area contributed by atoms with Crippen LogP contribution in [0.3, 0.4) is 0 Å². The summed E-state index contributed by atoms with van der Waals surface area (Å²) in [5.74, 6) is -0.150. The molecule has 1 aromatic carbocycles. The Kier molecular flexibility index (Phi) is 5.87. The molecule has 3 N–H and O–H groups in total.